The van der Waals surface area contributed by atoms with Gasteiger partial charge in [-0.15, -0.1) is 0 Å². The molecule has 0 aliphatic carbocycles. The molecule has 0 spiro atoms. The quantitative estimate of drug-likeness (QED) is 0.862. The summed E-state index contributed by atoms with van der Waals surface area (Å²) in [5.74, 6) is 0. The van der Waals surface area contributed by atoms with Crippen LogP contribution in [0.5, 0.6) is 0 Å². The van der Waals surface area contributed by atoms with E-state index in [0.717, 1.165) is 35.4 Å². The van der Waals surface area contributed by atoms with Crippen molar-refractivity contribution in [2.75, 3.05) is 6.54 Å². The topological polar surface area (TPSA) is 42.7 Å². The van der Waals surface area contributed by atoms with E-state index in [9.17, 15) is 0 Å². The Kier molecular flexibility index (Phi) is 4.28. The molecular weight excluding hydrogens is 280 g/mol. The summed E-state index contributed by atoms with van der Waals surface area (Å²) in [5.41, 5.74) is 1.92. The average Bonchev–Trinajstić information content (AvgIpc) is 2.78. The van der Waals surface area contributed by atoms with Crippen LogP contribution in [-0.4, -0.2) is 21.5 Å². The zero-order valence-corrected chi connectivity index (χ0v) is 11.3. The van der Waals surface area contributed by atoms with Crippen LogP contribution in [-0.2, 0) is 6.54 Å². The van der Waals surface area contributed by atoms with Crippen LogP contribution in [0.4, 0.5) is 0 Å². The van der Waals surface area contributed by atoms with Crippen LogP contribution in [0.15, 0.2) is 34.9 Å². The molecule has 0 aliphatic heterocycles. The van der Waals surface area contributed by atoms with Gasteiger partial charge in [0.1, 0.15) is 0 Å². The van der Waals surface area contributed by atoms with E-state index < -0.39 is 0 Å². The minimum atomic E-state index is 0.766. The molecule has 4 nitrogen and oxygen atoms in total. The molecule has 0 saturated carbocycles. The number of hydrogen-bond donors (Lipinski definition) is 1. The minimum absolute atomic E-state index is 0.766. The monoisotopic (exact) mass is 294 g/mol. The Hall–Kier alpha value is -1.20. The SMILES string of the molecule is CCCNCc1cnn(-c2cccc(Br)c2)n1. The second-order valence-electron chi connectivity index (χ2n) is 3.78. The van der Waals surface area contributed by atoms with E-state index in [4.69, 9.17) is 0 Å². The number of nitrogens with zero attached hydrogens (tertiary/aromatic N) is 3. The van der Waals surface area contributed by atoms with Crippen molar-refractivity contribution in [3.05, 3.63) is 40.6 Å². The van der Waals surface area contributed by atoms with Gasteiger partial charge in [0.25, 0.3) is 0 Å². The van der Waals surface area contributed by atoms with Crippen LogP contribution in [0.3, 0.4) is 0 Å². The lowest BCUT2D eigenvalue weighted by Crippen LogP contribution is -2.14. The normalized spacial score (nSPS) is 10.7. The van der Waals surface area contributed by atoms with Crippen molar-refractivity contribution in [1.82, 2.24) is 20.3 Å². The second kappa shape index (κ2) is 5.93. The van der Waals surface area contributed by atoms with Gasteiger partial charge in [-0.25, -0.2) is 0 Å². The maximum absolute atomic E-state index is 4.42. The van der Waals surface area contributed by atoms with E-state index in [0.29, 0.717) is 0 Å². The molecule has 0 unspecified atom stereocenters. The third-order valence-electron chi connectivity index (χ3n) is 2.31. The van der Waals surface area contributed by atoms with E-state index in [1.807, 2.05) is 24.3 Å². The van der Waals surface area contributed by atoms with Crippen molar-refractivity contribution >= 4 is 15.9 Å². The van der Waals surface area contributed by atoms with Crippen molar-refractivity contribution in [3.63, 3.8) is 0 Å². The summed E-state index contributed by atoms with van der Waals surface area (Å²) in [6.07, 6.45) is 2.92. The van der Waals surface area contributed by atoms with Crippen LogP contribution >= 0.6 is 15.9 Å². The molecule has 5 heteroatoms. The molecule has 0 aliphatic rings. The first-order valence-electron chi connectivity index (χ1n) is 5.67. The van der Waals surface area contributed by atoms with E-state index >= 15 is 0 Å². The highest BCUT2D eigenvalue weighted by atomic mass is 79.9. The third kappa shape index (κ3) is 3.38. The predicted molar refractivity (Wildman–Crippen MR) is 71.1 cm³/mol. The molecule has 0 saturated heterocycles. The lowest BCUT2D eigenvalue weighted by Gasteiger charge is -2.00. The Balaban J connectivity index is 2.07. The Bertz CT molecular complexity index is 481. The van der Waals surface area contributed by atoms with Gasteiger partial charge >= 0.3 is 0 Å². The number of rotatable bonds is 5. The highest BCUT2D eigenvalue weighted by Crippen LogP contribution is 2.13. The molecule has 1 aromatic carbocycles. The molecule has 0 amide bonds. The van der Waals surface area contributed by atoms with Crippen molar-refractivity contribution in [2.45, 2.75) is 19.9 Å². The molecule has 0 radical (unpaired) electrons. The van der Waals surface area contributed by atoms with Crippen molar-refractivity contribution in [1.29, 1.82) is 0 Å². The molecule has 0 atom stereocenters. The summed E-state index contributed by atoms with van der Waals surface area (Å²) in [4.78, 5) is 1.65. The molecule has 2 rings (SSSR count). The highest BCUT2D eigenvalue weighted by Gasteiger charge is 2.02. The average molecular weight is 295 g/mol. The predicted octanol–water partition coefficient (Wildman–Crippen LogP) is 2.53. The lowest BCUT2D eigenvalue weighted by atomic mass is 10.3. The van der Waals surface area contributed by atoms with Crippen LogP contribution < -0.4 is 5.32 Å². The Labute approximate surface area is 109 Å². The standard InChI is InChI=1S/C12H15BrN4/c1-2-6-14-8-11-9-15-17(16-11)12-5-3-4-10(13)7-12/h3-5,7,9,14H,2,6,8H2,1H3. The largest absolute Gasteiger partial charge is 0.311 e. The summed E-state index contributed by atoms with van der Waals surface area (Å²) >= 11 is 3.44. The highest BCUT2D eigenvalue weighted by molar-refractivity contribution is 9.10. The molecule has 2 aromatic rings. The smallest absolute Gasteiger partial charge is 0.0969 e. The van der Waals surface area contributed by atoms with Gasteiger partial charge in [-0.05, 0) is 31.2 Å². The fourth-order valence-corrected chi connectivity index (χ4v) is 1.88. The molecule has 1 aromatic heterocycles. The summed E-state index contributed by atoms with van der Waals surface area (Å²) in [6.45, 7) is 3.91. The summed E-state index contributed by atoms with van der Waals surface area (Å²) in [7, 11) is 0. The van der Waals surface area contributed by atoms with Gasteiger partial charge in [0, 0.05) is 11.0 Å². The Morgan fingerprint density at radius 3 is 3.06 bits per heavy atom. The first-order valence-corrected chi connectivity index (χ1v) is 6.47. The van der Waals surface area contributed by atoms with Gasteiger partial charge < -0.3 is 5.32 Å². The number of benzene rings is 1. The van der Waals surface area contributed by atoms with Gasteiger partial charge in [-0.1, -0.05) is 28.9 Å². The maximum atomic E-state index is 4.42. The van der Waals surface area contributed by atoms with Crippen molar-refractivity contribution < 1.29 is 0 Å². The van der Waals surface area contributed by atoms with Crippen molar-refractivity contribution in [3.8, 4) is 5.69 Å². The third-order valence-corrected chi connectivity index (χ3v) is 2.80. The van der Waals surface area contributed by atoms with Gasteiger partial charge in [-0.3, -0.25) is 0 Å². The van der Waals surface area contributed by atoms with Crippen LogP contribution in [0, 0.1) is 0 Å². The van der Waals surface area contributed by atoms with E-state index in [1.54, 1.807) is 11.0 Å². The lowest BCUT2D eigenvalue weighted by molar-refractivity contribution is 0.651. The maximum Gasteiger partial charge on any atom is 0.0969 e. The van der Waals surface area contributed by atoms with Crippen LogP contribution in [0.2, 0.25) is 0 Å². The second-order valence-corrected chi connectivity index (χ2v) is 4.70. The van der Waals surface area contributed by atoms with E-state index in [1.165, 1.54) is 0 Å². The Morgan fingerprint density at radius 1 is 1.41 bits per heavy atom. The zero-order chi connectivity index (χ0) is 12.1. The molecule has 90 valence electrons. The number of hydrogen-bond acceptors (Lipinski definition) is 3. The number of halogens is 1. The summed E-state index contributed by atoms with van der Waals surface area (Å²) in [5, 5.41) is 12.0. The molecular formula is C12H15BrN4. The molecule has 0 fully saturated rings. The summed E-state index contributed by atoms with van der Waals surface area (Å²) in [6, 6.07) is 7.92. The van der Waals surface area contributed by atoms with Gasteiger partial charge in [0.2, 0.25) is 0 Å². The van der Waals surface area contributed by atoms with Gasteiger partial charge in [0.15, 0.2) is 0 Å². The zero-order valence-electron chi connectivity index (χ0n) is 9.73. The van der Waals surface area contributed by atoms with Gasteiger partial charge in [0.05, 0.1) is 17.6 Å². The number of aromatic nitrogens is 3. The molecule has 0 bridgehead atoms. The fourth-order valence-electron chi connectivity index (χ4n) is 1.49. The molecule has 1 N–H and O–H groups in total. The van der Waals surface area contributed by atoms with Crippen LogP contribution in [0.25, 0.3) is 5.69 Å². The van der Waals surface area contributed by atoms with Crippen molar-refractivity contribution in [2.24, 2.45) is 0 Å². The fraction of sp³-hybridized carbons (Fsp3) is 0.333. The molecule has 1 heterocycles. The minimum Gasteiger partial charge on any atom is -0.311 e. The Morgan fingerprint density at radius 2 is 2.29 bits per heavy atom. The van der Waals surface area contributed by atoms with E-state index in [-0.39, 0.29) is 0 Å². The van der Waals surface area contributed by atoms with E-state index in [2.05, 4.69) is 38.4 Å². The molecule has 17 heavy (non-hydrogen) atoms. The van der Waals surface area contributed by atoms with Crippen LogP contribution in [0.1, 0.15) is 19.0 Å². The summed E-state index contributed by atoms with van der Waals surface area (Å²) < 4.78 is 1.03. The van der Waals surface area contributed by atoms with Gasteiger partial charge in [-0.2, -0.15) is 15.0 Å². The first kappa shape index (κ1) is 12.3. The first-order chi connectivity index (χ1) is 8.29. The number of nitrogens with one attached hydrogen (secondary N) is 1.